The Morgan fingerprint density at radius 3 is 2.32 bits per heavy atom. The van der Waals surface area contributed by atoms with E-state index in [9.17, 15) is 4.79 Å². The zero-order valence-electron chi connectivity index (χ0n) is 15.8. The summed E-state index contributed by atoms with van der Waals surface area (Å²) in [4.78, 5) is 16.8. The third-order valence-electron chi connectivity index (χ3n) is 5.88. The lowest BCUT2D eigenvalue weighted by Crippen LogP contribution is -2.50. The summed E-state index contributed by atoms with van der Waals surface area (Å²) >= 11 is 0. The van der Waals surface area contributed by atoms with Gasteiger partial charge in [0.25, 0.3) is 0 Å². The molecule has 0 N–H and O–H groups in total. The van der Waals surface area contributed by atoms with Gasteiger partial charge in [-0.15, -0.1) is 0 Å². The molecule has 0 aromatic rings. The molecule has 1 saturated carbocycles. The number of ether oxygens (including phenoxy) is 3. The van der Waals surface area contributed by atoms with Crippen LogP contribution in [-0.2, 0) is 19.0 Å². The summed E-state index contributed by atoms with van der Waals surface area (Å²) in [5.74, 6) is 0.0363. The summed E-state index contributed by atoms with van der Waals surface area (Å²) in [7, 11) is 1.80. The van der Waals surface area contributed by atoms with Gasteiger partial charge in [0.2, 0.25) is 0 Å². The van der Waals surface area contributed by atoms with E-state index in [-0.39, 0.29) is 24.3 Å². The van der Waals surface area contributed by atoms with Crippen LogP contribution in [0.1, 0.15) is 51.9 Å². The van der Waals surface area contributed by atoms with Gasteiger partial charge in [-0.3, -0.25) is 14.6 Å². The molecule has 1 unspecified atom stereocenters. The number of likely N-dealkylation sites (tertiary alicyclic amines) is 2. The van der Waals surface area contributed by atoms with Crippen molar-refractivity contribution in [2.45, 2.75) is 70.4 Å². The van der Waals surface area contributed by atoms with Crippen LogP contribution in [-0.4, -0.2) is 74.2 Å². The van der Waals surface area contributed by atoms with Crippen LogP contribution in [0.3, 0.4) is 0 Å². The normalized spacial score (nSPS) is 32.8. The molecule has 6 heteroatoms. The van der Waals surface area contributed by atoms with Crippen LogP contribution in [0, 0.1) is 5.92 Å². The van der Waals surface area contributed by atoms with Gasteiger partial charge in [0.05, 0.1) is 24.7 Å². The number of hydrogen-bond donors (Lipinski definition) is 0. The minimum absolute atomic E-state index is 0.0282. The lowest BCUT2D eigenvalue weighted by Gasteiger charge is -2.39. The highest BCUT2D eigenvalue weighted by Gasteiger charge is 2.36. The first-order chi connectivity index (χ1) is 12.2. The molecule has 0 aromatic carbocycles. The molecular weight excluding hydrogens is 320 g/mol. The summed E-state index contributed by atoms with van der Waals surface area (Å²) in [6.45, 7) is 6.58. The van der Waals surface area contributed by atoms with Crippen LogP contribution in [0.25, 0.3) is 0 Å². The van der Waals surface area contributed by atoms with Gasteiger partial charge in [-0.2, -0.15) is 0 Å². The molecule has 0 amide bonds. The smallest absolute Gasteiger partial charge is 0.308 e. The number of methoxy groups -OCH3 is 1. The van der Waals surface area contributed by atoms with Crippen molar-refractivity contribution in [1.82, 2.24) is 9.80 Å². The molecule has 2 saturated heterocycles. The van der Waals surface area contributed by atoms with Gasteiger partial charge in [-0.25, -0.2) is 0 Å². The molecule has 144 valence electrons. The molecule has 2 heterocycles. The van der Waals surface area contributed by atoms with E-state index in [4.69, 9.17) is 14.2 Å². The highest BCUT2D eigenvalue weighted by Crippen LogP contribution is 2.30. The lowest BCUT2D eigenvalue weighted by atomic mass is 9.87. The van der Waals surface area contributed by atoms with E-state index in [2.05, 4.69) is 9.80 Å². The van der Waals surface area contributed by atoms with Crippen molar-refractivity contribution in [3.05, 3.63) is 0 Å². The Morgan fingerprint density at radius 1 is 1.00 bits per heavy atom. The zero-order chi connectivity index (χ0) is 17.6. The van der Waals surface area contributed by atoms with Crippen molar-refractivity contribution < 1.29 is 19.0 Å². The summed E-state index contributed by atoms with van der Waals surface area (Å²) in [5.41, 5.74) is 0. The predicted molar refractivity (Wildman–Crippen MR) is 95.0 cm³/mol. The van der Waals surface area contributed by atoms with Crippen LogP contribution < -0.4 is 0 Å². The number of nitrogens with zero attached hydrogens (tertiary/aromatic N) is 2. The number of esters is 1. The Labute approximate surface area is 151 Å². The van der Waals surface area contributed by atoms with Gasteiger partial charge in [-0.05, 0) is 51.9 Å². The van der Waals surface area contributed by atoms with Crippen molar-refractivity contribution in [3.8, 4) is 0 Å². The first-order valence-electron chi connectivity index (χ1n) is 10.0. The second-order valence-corrected chi connectivity index (χ2v) is 7.57. The third-order valence-corrected chi connectivity index (χ3v) is 5.88. The van der Waals surface area contributed by atoms with E-state index in [1.165, 1.54) is 12.8 Å². The quantitative estimate of drug-likeness (QED) is 0.654. The SMILES string of the molecule is CCOC(=O)C1CCC(OC(N2CCCC2)N2CC[C@@H](OC)C2)CC1. The Bertz CT molecular complexity index is 420. The molecule has 0 radical (unpaired) electrons. The Kier molecular flexibility index (Phi) is 7.10. The molecule has 2 atom stereocenters. The van der Waals surface area contributed by atoms with Crippen LogP contribution in [0.15, 0.2) is 0 Å². The Morgan fingerprint density at radius 2 is 1.72 bits per heavy atom. The fourth-order valence-corrected chi connectivity index (χ4v) is 4.38. The standard InChI is InChI=1S/C19H34N2O4/c1-3-24-18(22)15-6-8-16(9-7-15)25-19(20-11-4-5-12-20)21-13-10-17(14-21)23-2/h15-17,19H,3-14H2,1-2H3/t15?,16?,17-,19?/m1/s1. The van der Waals surface area contributed by atoms with Gasteiger partial charge in [-0.1, -0.05) is 0 Å². The van der Waals surface area contributed by atoms with Crippen LogP contribution in [0.2, 0.25) is 0 Å². The number of hydrogen-bond acceptors (Lipinski definition) is 6. The highest BCUT2D eigenvalue weighted by atomic mass is 16.5. The van der Waals surface area contributed by atoms with Crippen molar-refractivity contribution >= 4 is 5.97 Å². The second-order valence-electron chi connectivity index (χ2n) is 7.57. The molecular formula is C19H34N2O4. The van der Waals surface area contributed by atoms with Crippen LogP contribution in [0.4, 0.5) is 0 Å². The summed E-state index contributed by atoms with van der Waals surface area (Å²) < 4.78 is 17.3. The Hall–Kier alpha value is -0.690. The van der Waals surface area contributed by atoms with Gasteiger partial charge in [0.15, 0.2) is 6.35 Å². The molecule has 25 heavy (non-hydrogen) atoms. The first-order valence-corrected chi connectivity index (χ1v) is 10.0. The molecule has 0 spiro atoms. The van der Waals surface area contributed by atoms with Crippen molar-refractivity contribution in [2.75, 3.05) is 39.9 Å². The zero-order valence-corrected chi connectivity index (χ0v) is 15.8. The van der Waals surface area contributed by atoms with E-state index in [1.807, 2.05) is 6.92 Å². The van der Waals surface area contributed by atoms with E-state index >= 15 is 0 Å². The topological polar surface area (TPSA) is 51.2 Å². The highest BCUT2D eigenvalue weighted by molar-refractivity contribution is 5.72. The number of carbonyl (C=O) groups excluding carboxylic acids is 1. The largest absolute Gasteiger partial charge is 0.466 e. The van der Waals surface area contributed by atoms with Gasteiger partial charge < -0.3 is 14.2 Å². The minimum atomic E-state index is -0.0282. The average molecular weight is 354 g/mol. The maximum Gasteiger partial charge on any atom is 0.308 e. The van der Waals surface area contributed by atoms with Gasteiger partial charge >= 0.3 is 5.97 Å². The summed E-state index contributed by atoms with van der Waals surface area (Å²) in [5, 5.41) is 0. The number of carbonyl (C=O) groups is 1. The van der Waals surface area contributed by atoms with Crippen molar-refractivity contribution in [3.63, 3.8) is 0 Å². The fraction of sp³-hybridized carbons (Fsp3) is 0.947. The van der Waals surface area contributed by atoms with Gasteiger partial charge in [0, 0.05) is 33.3 Å². The molecule has 6 nitrogen and oxygen atoms in total. The van der Waals surface area contributed by atoms with Crippen LogP contribution >= 0.6 is 0 Å². The average Bonchev–Trinajstić information content (AvgIpc) is 3.32. The Balaban J connectivity index is 1.53. The fourth-order valence-electron chi connectivity index (χ4n) is 4.38. The molecule has 1 aliphatic carbocycles. The maximum absolute atomic E-state index is 11.9. The van der Waals surface area contributed by atoms with Crippen LogP contribution in [0.5, 0.6) is 0 Å². The molecule has 3 rings (SSSR count). The molecule has 3 aliphatic rings. The van der Waals surface area contributed by atoms with E-state index in [0.717, 1.165) is 58.3 Å². The van der Waals surface area contributed by atoms with E-state index in [0.29, 0.717) is 12.7 Å². The van der Waals surface area contributed by atoms with Crippen molar-refractivity contribution in [2.24, 2.45) is 5.92 Å². The molecule has 2 aliphatic heterocycles. The summed E-state index contributed by atoms with van der Waals surface area (Å²) in [6.07, 6.45) is 7.93. The third kappa shape index (κ3) is 4.94. The maximum atomic E-state index is 11.9. The van der Waals surface area contributed by atoms with Gasteiger partial charge in [0.1, 0.15) is 0 Å². The molecule has 0 bridgehead atoms. The lowest BCUT2D eigenvalue weighted by molar-refractivity contribution is -0.181. The summed E-state index contributed by atoms with van der Waals surface area (Å²) in [6, 6.07) is 0. The second kappa shape index (κ2) is 9.31. The minimum Gasteiger partial charge on any atom is -0.466 e. The monoisotopic (exact) mass is 354 g/mol. The number of rotatable bonds is 7. The first kappa shape index (κ1) is 19.1. The molecule has 3 fully saturated rings. The van der Waals surface area contributed by atoms with Crippen molar-refractivity contribution in [1.29, 1.82) is 0 Å². The van der Waals surface area contributed by atoms with E-state index < -0.39 is 0 Å². The molecule has 0 aromatic heterocycles. The van der Waals surface area contributed by atoms with E-state index in [1.54, 1.807) is 7.11 Å². The predicted octanol–water partition coefficient (Wildman–Crippen LogP) is 2.23.